The van der Waals surface area contributed by atoms with Gasteiger partial charge < -0.3 is 10.1 Å². The number of nitrogens with one attached hydrogen (secondary N) is 1. The van der Waals surface area contributed by atoms with Crippen LogP contribution in [0, 0.1) is 11.3 Å². The Labute approximate surface area is 170 Å². The van der Waals surface area contributed by atoms with E-state index in [9.17, 15) is 10.1 Å². The molecule has 1 amide bonds. The van der Waals surface area contributed by atoms with Crippen LogP contribution >= 0.6 is 11.6 Å². The Hall–Kier alpha value is -2.55. The maximum absolute atomic E-state index is 12.7. The predicted molar refractivity (Wildman–Crippen MR) is 111 cm³/mol. The minimum Gasteiger partial charge on any atom is -0.497 e. The van der Waals surface area contributed by atoms with Crippen LogP contribution in [0.1, 0.15) is 42.9 Å². The molecule has 3 rings (SSSR count). The number of likely N-dealkylation sites (tertiary alicyclic amines) is 1. The molecule has 0 radical (unpaired) electrons. The molecule has 1 aliphatic rings. The highest BCUT2D eigenvalue weighted by molar-refractivity contribution is 6.31. The van der Waals surface area contributed by atoms with E-state index < -0.39 is 0 Å². The van der Waals surface area contributed by atoms with Crippen LogP contribution in [0.4, 0.5) is 5.69 Å². The molecule has 6 heteroatoms. The number of ether oxygens (including phenoxy) is 1. The Morgan fingerprint density at radius 3 is 2.75 bits per heavy atom. The third kappa shape index (κ3) is 5.03. The van der Waals surface area contributed by atoms with Crippen LogP contribution in [0.3, 0.4) is 0 Å². The molecule has 0 aromatic heterocycles. The molecule has 1 aliphatic heterocycles. The van der Waals surface area contributed by atoms with Crippen molar-refractivity contribution in [2.24, 2.45) is 0 Å². The first kappa shape index (κ1) is 20.2. The Morgan fingerprint density at radius 1 is 1.25 bits per heavy atom. The molecular formula is C22H24ClN3O2. The number of hydrogen-bond acceptors (Lipinski definition) is 4. The Balaban J connectivity index is 1.74. The lowest BCUT2D eigenvalue weighted by atomic mass is 10.0. The molecule has 2 aromatic rings. The molecule has 1 heterocycles. The summed E-state index contributed by atoms with van der Waals surface area (Å²) in [4.78, 5) is 14.9. The molecule has 1 saturated heterocycles. The molecule has 5 nitrogen and oxygen atoms in total. The molecule has 0 bridgehead atoms. The van der Waals surface area contributed by atoms with Gasteiger partial charge in [-0.2, -0.15) is 5.26 Å². The third-order valence-electron chi connectivity index (χ3n) is 5.09. The van der Waals surface area contributed by atoms with Crippen LogP contribution in [0.25, 0.3) is 0 Å². The van der Waals surface area contributed by atoms with E-state index in [1.165, 1.54) is 5.56 Å². The molecular weight excluding hydrogens is 374 g/mol. The number of rotatable bonds is 5. The highest BCUT2D eigenvalue weighted by Crippen LogP contribution is 2.31. The summed E-state index contributed by atoms with van der Waals surface area (Å²) in [5, 5.41) is 12.6. The van der Waals surface area contributed by atoms with E-state index in [0.29, 0.717) is 16.3 Å². The summed E-state index contributed by atoms with van der Waals surface area (Å²) in [5.74, 6) is 0.686. The predicted octanol–water partition coefficient (Wildman–Crippen LogP) is 4.78. The molecule has 0 aliphatic carbocycles. The number of benzene rings is 2. The number of methoxy groups -OCH3 is 1. The molecule has 0 spiro atoms. The number of halogens is 1. The largest absolute Gasteiger partial charge is 0.497 e. The first-order chi connectivity index (χ1) is 13.6. The number of nitrogens with zero attached hydrogens (tertiary/aromatic N) is 2. The van der Waals surface area contributed by atoms with Gasteiger partial charge in [0, 0.05) is 11.1 Å². The highest BCUT2D eigenvalue weighted by Gasteiger charge is 2.24. The van der Waals surface area contributed by atoms with E-state index in [4.69, 9.17) is 16.3 Å². The van der Waals surface area contributed by atoms with Crippen LogP contribution in [0.2, 0.25) is 5.02 Å². The van der Waals surface area contributed by atoms with Gasteiger partial charge in [-0.1, -0.05) is 36.6 Å². The van der Waals surface area contributed by atoms with E-state index in [1.54, 1.807) is 25.3 Å². The van der Waals surface area contributed by atoms with Crippen LogP contribution in [-0.2, 0) is 4.79 Å². The fourth-order valence-corrected chi connectivity index (χ4v) is 3.82. The number of carbonyl (C=O) groups is 1. The van der Waals surface area contributed by atoms with E-state index in [1.807, 2.05) is 12.1 Å². The minimum atomic E-state index is -0.140. The Morgan fingerprint density at radius 2 is 2.04 bits per heavy atom. The highest BCUT2D eigenvalue weighted by atomic mass is 35.5. The summed E-state index contributed by atoms with van der Waals surface area (Å²) in [6.07, 6.45) is 4.39. The lowest BCUT2D eigenvalue weighted by Crippen LogP contribution is -2.36. The number of anilines is 1. The average molecular weight is 398 g/mol. The molecule has 1 N–H and O–H groups in total. The van der Waals surface area contributed by atoms with Gasteiger partial charge in [0.15, 0.2) is 0 Å². The van der Waals surface area contributed by atoms with Gasteiger partial charge in [-0.05, 0) is 55.3 Å². The van der Waals surface area contributed by atoms with Gasteiger partial charge in [0.2, 0.25) is 5.91 Å². The zero-order valence-electron chi connectivity index (χ0n) is 16.0. The standard InChI is InChI=1S/C22H24ClN3O2/c1-28-19-10-7-16(8-11-19)21-5-3-2-4-12-26(21)15-22(27)25-20-13-18(23)9-6-17(20)14-24/h6-11,13,21H,2-5,12,15H2,1H3,(H,25,27)/t21-/m0/s1. The number of hydrogen-bond donors (Lipinski definition) is 1. The minimum absolute atomic E-state index is 0.140. The number of amides is 1. The second-order valence-electron chi connectivity index (χ2n) is 6.96. The molecule has 1 atom stereocenters. The summed E-state index contributed by atoms with van der Waals surface area (Å²) in [5.41, 5.74) is 2.05. The summed E-state index contributed by atoms with van der Waals surface area (Å²) >= 11 is 6.02. The molecule has 1 fully saturated rings. The van der Waals surface area contributed by atoms with Crippen LogP contribution in [0.5, 0.6) is 5.75 Å². The summed E-state index contributed by atoms with van der Waals surface area (Å²) in [7, 11) is 1.66. The van der Waals surface area contributed by atoms with Crippen LogP contribution in [0.15, 0.2) is 42.5 Å². The summed E-state index contributed by atoms with van der Waals surface area (Å²) in [6, 6.07) is 15.2. The van der Waals surface area contributed by atoms with Gasteiger partial charge in [-0.3, -0.25) is 9.69 Å². The fourth-order valence-electron chi connectivity index (χ4n) is 3.65. The van der Waals surface area contributed by atoms with Crippen LogP contribution in [-0.4, -0.2) is 31.0 Å². The van der Waals surface area contributed by atoms with Gasteiger partial charge in [0.1, 0.15) is 11.8 Å². The van der Waals surface area contributed by atoms with Crippen molar-refractivity contribution in [3.05, 3.63) is 58.6 Å². The molecule has 0 saturated carbocycles. The molecule has 28 heavy (non-hydrogen) atoms. The van der Waals surface area contributed by atoms with Gasteiger partial charge in [0.25, 0.3) is 0 Å². The first-order valence-corrected chi connectivity index (χ1v) is 9.86. The van der Waals surface area contributed by atoms with Gasteiger partial charge in [-0.15, -0.1) is 0 Å². The van der Waals surface area contributed by atoms with Crippen molar-refractivity contribution in [1.29, 1.82) is 5.26 Å². The second-order valence-corrected chi connectivity index (χ2v) is 7.40. The van der Waals surface area contributed by atoms with E-state index >= 15 is 0 Å². The summed E-state index contributed by atoms with van der Waals surface area (Å²) < 4.78 is 5.26. The van der Waals surface area contributed by atoms with Crippen molar-refractivity contribution in [3.63, 3.8) is 0 Å². The lowest BCUT2D eigenvalue weighted by molar-refractivity contribution is -0.117. The number of carbonyl (C=O) groups excluding carboxylic acids is 1. The Kier molecular flexibility index (Phi) is 6.91. The Bertz CT molecular complexity index is 861. The van der Waals surface area contributed by atoms with Gasteiger partial charge in [0.05, 0.1) is 24.9 Å². The van der Waals surface area contributed by atoms with E-state index in [0.717, 1.165) is 38.0 Å². The van der Waals surface area contributed by atoms with Crippen molar-refractivity contribution in [1.82, 2.24) is 4.90 Å². The maximum atomic E-state index is 12.7. The zero-order valence-corrected chi connectivity index (χ0v) is 16.7. The topological polar surface area (TPSA) is 65.4 Å². The van der Waals surface area contributed by atoms with Crippen molar-refractivity contribution in [2.75, 3.05) is 25.5 Å². The lowest BCUT2D eigenvalue weighted by Gasteiger charge is -2.30. The molecule has 2 aromatic carbocycles. The third-order valence-corrected chi connectivity index (χ3v) is 5.32. The molecule has 0 unspecified atom stereocenters. The van der Waals surface area contributed by atoms with E-state index in [2.05, 4.69) is 28.4 Å². The smallest absolute Gasteiger partial charge is 0.238 e. The number of nitriles is 1. The van der Waals surface area contributed by atoms with Crippen molar-refractivity contribution >= 4 is 23.2 Å². The normalized spacial score (nSPS) is 17.4. The van der Waals surface area contributed by atoms with Gasteiger partial charge >= 0.3 is 0 Å². The van der Waals surface area contributed by atoms with E-state index in [-0.39, 0.29) is 18.5 Å². The van der Waals surface area contributed by atoms with Crippen molar-refractivity contribution < 1.29 is 9.53 Å². The van der Waals surface area contributed by atoms with Crippen LogP contribution < -0.4 is 10.1 Å². The maximum Gasteiger partial charge on any atom is 0.238 e. The first-order valence-electron chi connectivity index (χ1n) is 9.48. The van der Waals surface area contributed by atoms with Crippen molar-refractivity contribution in [3.8, 4) is 11.8 Å². The van der Waals surface area contributed by atoms with Crippen molar-refractivity contribution in [2.45, 2.75) is 31.7 Å². The summed E-state index contributed by atoms with van der Waals surface area (Å²) in [6.45, 7) is 1.14. The quantitative estimate of drug-likeness (QED) is 0.788. The monoisotopic (exact) mass is 397 g/mol. The molecule has 146 valence electrons. The average Bonchev–Trinajstić information content (AvgIpc) is 2.93. The second kappa shape index (κ2) is 9.59. The fraction of sp³-hybridized carbons (Fsp3) is 0.364. The zero-order chi connectivity index (χ0) is 19.9. The van der Waals surface area contributed by atoms with Gasteiger partial charge in [-0.25, -0.2) is 0 Å². The SMILES string of the molecule is COc1ccc([C@@H]2CCCCCN2CC(=O)Nc2cc(Cl)ccc2C#N)cc1.